The molecule has 1 saturated carbocycles. The van der Waals surface area contributed by atoms with Gasteiger partial charge in [-0.05, 0) is 25.2 Å². The summed E-state index contributed by atoms with van der Waals surface area (Å²) in [5.74, 6) is 2.22. The molecular formula is C11H20N2S. The summed E-state index contributed by atoms with van der Waals surface area (Å²) in [6, 6.07) is 0.747. The van der Waals surface area contributed by atoms with Gasteiger partial charge in [0.25, 0.3) is 0 Å². The molecule has 1 heterocycles. The van der Waals surface area contributed by atoms with Crippen LogP contribution in [-0.2, 0) is 0 Å². The molecule has 1 aliphatic heterocycles. The average molecular weight is 212 g/mol. The number of hydrogen-bond acceptors (Lipinski definition) is 2. The van der Waals surface area contributed by atoms with Gasteiger partial charge in [0.1, 0.15) is 0 Å². The molecule has 2 unspecified atom stereocenters. The summed E-state index contributed by atoms with van der Waals surface area (Å²) in [4.78, 5) is 4.60. The van der Waals surface area contributed by atoms with Gasteiger partial charge in [-0.15, -0.1) is 0 Å². The highest BCUT2D eigenvalue weighted by atomic mass is 32.2. The molecule has 2 fully saturated rings. The highest BCUT2D eigenvalue weighted by molar-refractivity contribution is 8.13. The Hall–Kier alpha value is -0.180. The maximum absolute atomic E-state index is 4.60. The molecule has 14 heavy (non-hydrogen) atoms. The molecule has 1 N–H and O–H groups in total. The molecule has 2 atom stereocenters. The van der Waals surface area contributed by atoms with Crippen molar-refractivity contribution in [1.29, 1.82) is 0 Å². The van der Waals surface area contributed by atoms with E-state index in [1.807, 2.05) is 11.8 Å². The van der Waals surface area contributed by atoms with E-state index in [1.165, 1.54) is 43.0 Å². The molecule has 2 nitrogen and oxygen atoms in total. The Morgan fingerprint density at radius 2 is 2.43 bits per heavy atom. The number of rotatable bonds is 3. The minimum atomic E-state index is 0.747. The summed E-state index contributed by atoms with van der Waals surface area (Å²) in [5.41, 5.74) is 0. The van der Waals surface area contributed by atoms with Gasteiger partial charge in [0.15, 0.2) is 5.17 Å². The van der Waals surface area contributed by atoms with Crippen molar-refractivity contribution >= 4 is 16.9 Å². The van der Waals surface area contributed by atoms with Gasteiger partial charge in [-0.2, -0.15) is 0 Å². The van der Waals surface area contributed by atoms with E-state index in [0.29, 0.717) is 0 Å². The van der Waals surface area contributed by atoms with Gasteiger partial charge in [-0.1, -0.05) is 31.5 Å². The average Bonchev–Trinajstić information content (AvgIpc) is 2.65. The van der Waals surface area contributed by atoms with E-state index in [4.69, 9.17) is 0 Å². The fourth-order valence-electron chi connectivity index (χ4n) is 2.24. The number of nitrogens with zero attached hydrogens (tertiary/aromatic N) is 1. The SMILES string of the molecule is CCCCN=C1NC2CCCC2CS1. The number of unbranched alkanes of at least 4 members (excludes halogenated alkanes) is 1. The Bertz CT molecular complexity index is 215. The predicted molar refractivity (Wildman–Crippen MR) is 63.9 cm³/mol. The maximum atomic E-state index is 4.60. The molecule has 0 aromatic heterocycles. The standard InChI is InChI=1S/C11H20N2S/c1-2-3-7-12-11-13-10-6-4-5-9(10)8-14-11/h9-10H,2-8H2,1H3,(H,12,13). The van der Waals surface area contributed by atoms with Crippen molar-refractivity contribution in [3.8, 4) is 0 Å². The van der Waals surface area contributed by atoms with Crippen molar-refractivity contribution in [2.24, 2.45) is 10.9 Å². The van der Waals surface area contributed by atoms with E-state index in [2.05, 4.69) is 17.2 Å². The Morgan fingerprint density at radius 1 is 1.50 bits per heavy atom. The summed E-state index contributed by atoms with van der Waals surface area (Å²) >= 11 is 1.93. The molecule has 1 aliphatic carbocycles. The largest absolute Gasteiger partial charge is 0.362 e. The van der Waals surface area contributed by atoms with Crippen molar-refractivity contribution in [1.82, 2.24) is 5.32 Å². The molecule has 0 aromatic carbocycles. The zero-order chi connectivity index (χ0) is 9.80. The molecule has 80 valence electrons. The van der Waals surface area contributed by atoms with Crippen LogP contribution in [0.4, 0.5) is 0 Å². The monoisotopic (exact) mass is 212 g/mol. The number of hydrogen-bond donors (Lipinski definition) is 1. The highest BCUT2D eigenvalue weighted by Gasteiger charge is 2.31. The molecule has 0 spiro atoms. The van der Waals surface area contributed by atoms with Crippen LogP contribution in [-0.4, -0.2) is 23.5 Å². The maximum Gasteiger partial charge on any atom is 0.156 e. The van der Waals surface area contributed by atoms with Crippen molar-refractivity contribution in [3.05, 3.63) is 0 Å². The lowest BCUT2D eigenvalue weighted by Crippen LogP contribution is -2.41. The van der Waals surface area contributed by atoms with Gasteiger partial charge >= 0.3 is 0 Å². The second-order valence-corrected chi connectivity index (χ2v) is 5.30. The Morgan fingerprint density at radius 3 is 3.29 bits per heavy atom. The second kappa shape index (κ2) is 5.06. The molecule has 2 rings (SSSR count). The topological polar surface area (TPSA) is 24.4 Å². The second-order valence-electron chi connectivity index (χ2n) is 4.29. The van der Waals surface area contributed by atoms with Crippen LogP contribution in [0, 0.1) is 5.92 Å². The van der Waals surface area contributed by atoms with Crippen LogP contribution in [0.1, 0.15) is 39.0 Å². The van der Waals surface area contributed by atoms with Crippen LogP contribution in [0.25, 0.3) is 0 Å². The van der Waals surface area contributed by atoms with Gasteiger partial charge in [0.2, 0.25) is 0 Å². The minimum Gasteiger partial charge on any atom is -0.362 e. The fraction of sp³-hybridized carbons (Fsp3) is 0.909. The molecule has 3 heteroatoms. The van der Waals surface area contributed by atoms with Crippen molar-refractivity contribution < 1.29 is 0 Å². The van der Waals surface area contributed by atoms with Gasteiger partial charge in [-0.3, -0.25) is 4.99 Å². The Kier molecular flexibility index (Phi) is 3.74. The summed E-state index contributed by atoms with van der Waals surface area (Å²) < 4.78 is 0. The lowest BCUT2D eigenvalue weighted by Gasteiger charge is -2.28. The molecule has 0 amide bonds. The van der Waals surface area contributed by atoms with Gasteiger partial charge in [0, 0.05) is 18.3 Å². The summed E-state index contributed by atoms with van der Waals surface area (Å²) in [7, 11) is 0. The van der Waals surface area contributed by atoms with Crippen LogP contribution in [0.5, 0.6) is 0 Å². The summed E-state index contributed by atoms with van der Waals surface area (Å²) in [5, 5.41) is 4.80. The van der Waals surface area contributed by atoms with Crippen LogP contribution < -0.4 is 5.32 Å². The number of amidine groups is 1. The Labute approximate surface area is 90.9 Å². The lowest BCUT2D eigenvalue weighted by molar-refractivity contribution is 0.489. The zero-order valence-corrected chi connectivity index (χ0v) is 9.78. The van der Waals surface area contributed by atoms with Crippen molar-refractivity contribution in [3.63, 3.8) is 0 Å². The van der Waals surface area contributed by atoms with E-state index in [9.17, 15) is 0 Å². The quantitative estimate of drug-likeness (QED) is 0.727. The van der Waals surface area contributed by atoms with E-state index in [1.54, 1.807) is 0 Å². The zero-order valence-electron chi connectivity index (χ0n) is 8.96. The van der Waals surface area contributed by atoms with E-state index in [0.717, 1.165) is 18.5 Å². The van der Waals surface area contributed by atoms with Gasteiger partial charge in [-0.25, -0.2) is 0 Å². The summed E-state index contributed by atoms with van der Waals surface area (Å²) in [6.45, 7) is 3.22. The number of thioether (sulfide) groups is 1. The van der Waals surface area contributed by atoms with E-state index < -0.39 is 0 Å². The van der Waals surface area contributed by atoms with Crippen LogP contribution in [0.2, 0.25) is 0 Å². The Balaban J connectivity index is 1.81. The minimum absolute atomic E-state index is 0.747. The molecular weight excluding hydrogens is 192 g/mol. The third-order valence-corrected chi connectivity index (χ3v) is 4.28. The van der Waals surface area contributed by atoms with Crippen LogP contribution >= 0.6 is 11.8 Å². The highest BCUT2D eigenvalue weighted by Crippen LogP contribution is 2.32. The summed E-state index contributed by atoms with van der Waals surface area (Å²) in [6.07, 6.45) is 6.66. The number of nitrogens with one attached hydrogen (secondary N) is 1. The van der Waals surface area contributed by atoms with Crippen LogP contribution in [0.15, 0.2) is 4.99 Å². The molecule has 2 aliphatic rings. The van der Waals surface area contributed by atoms with Crippen molar-refractivity contribution in [2.75, 3.05) is 12.3 Å². The predicted octanol–water partition coefficient (Wildman–Crippen LogP) is 2.65. The molecule has 0 aromatic rings. The molecule has 0 bridgehead atoms. The lowest BCUT2D eigenvalue weighted by atomic mass is 10.1. The molecule has 0 radical (unpaired) electrons. The normalized spacial score (nSPS) is 34.2. The van der Waals surface area contributed by atoms with E-state index >= 15 is 0 Å². The van der Waals surface area contributed by atoms with Crippen LogP contribution in [0.3, 0.4) is 0 Å². The fourth-order valence-corrected chi connectivity index (χ4v) is 3.43. The first kappa shape index (κ1) is 10.3. The smallest absolute Gasteiger partial charge is 0.156 e. The molecule has 1 saturated heterocycles. The first-order chi connectivity index (χ1) is 6.90. The van der Waals surface area contributed by atoms with Crippen molar-refractivity contribution in [2.45, 2.75) is 45.1 Å². The number of fused-ring (bicyclic) bond motifs is 1. The van der Waals surface area contributed by atoms with E-state index in [-0.39, 0.29) is 0 Å². The van der Waals surface area contributed by atoms with Gasteiger partial charge < -0.3 is 5.32 Å². The third kappa shape index (κ3) is 2.44. The van der Waals surface area contributed by atoms with Gasteiger partial charge in [0.05, 0.1) is 0 Å². The third-order valence-electron chi connectivity index (χ3n) is 3.17. The first-order valence-corrected chi connectivity index (χ1v) is 6.82. The number of aliphatic imine (C=N–C) groups is 1. The first-order valence-electron chi connectivity index (χ1n) is 5.84.